The molecule has 0 saturated heterocycles. The molecule has 0 spiro atoms. The molecular formula is C45H86O6. The van der Waals surface area contributed by atoms with Gasteiger partial charge < -0.3 is 14.2 Å². The van der Waals surface area contributed by atoms with Crippen LogP contribution in [0.4, 0.5) is 0 Å². The van der Waals surface area contributed by atoms with Crippen molar-refractivity contribution in [2.75, 3.05) is 13.2 Å². The van der Waals surface area contributed by atoms with Gasteiger partial charge in [0.25, 0.3) is 0 Å². The highest BCUT2D eigenvalue weighted by atomic mass is 16.6. The van der Waals surface area contributed by atoms with Gasteiger partial charge in [-0.3, -0.25) is 14.4 Å². The highest BCUT2D eigenvalue weighted by Crippen LogP contribution is 2.16. The molecule has 0 aromatic rings. The summed E-state index contributed by atoms with van der Waals surface area (Å²) in [5, 5.41) is 0. The lowest BCUT2D eigenvalue weighted by atomic mass is 10.0. The SMILES string of the molecule is CCCCCCCCCCCCCCCCCC(=O)O[C@@H](COC(=O)CCCCCCCCC)COC(=O)CCCCCCCCCCC(C)C. The molecule has 0 saturated carbocycles. The zero-order valence-electron chi connectivity index (χ0n) is 34.6. The van der Waals surface area contributed by atoms with E-state index < -0.39 is 6.10 Å². The van der Waals surface area contributed by atoms with Crippen molar-refractivity contribution in [2.24, 2.45) is 5.92 Å². The van der Waals surface area contributed by atoms with Crippen LogP contribution in [0.1, 0.15) is 246 Å². The summed E-state index contributed by atoms with van der Waals surface area (Å²) < 4.78 is 16.6. The van der Waals surface area contributed by atoms with Crippen LogP contribution in [0.2, 0.25) is 0 Å². The fraction of sp³-hybridized carbons (Fsp3) is 0.933. The minimum atomic E-state index is -0.758. The van der Waals surface area contributed by atoms with Crippen LogP contribution in [0.5, 0.6) is 0 Å². The summed E-state index contributed by atoms with van der Waals surface area (Å²) in [5.41, 5.74) is 0. The standard InChI is InChI=1S/C45H86O6/c1-5-7-9-11-13-14-15-16-17-18-19-20-26-30-34-38-45(48)51-42(39-49-43(46)36-32-28-23-12-10-8-6-2)40-50-44(47)37-33-29-25-22-21-24-27-31-35-41(3)4/h41-42H,5-40H2,1-4H3/t42-/m0/s1. The number of esters is 3. The molecule has 0 bridgehead atoms. The minimum absolute atomic E-state index is 0.0650. The van der Waals surface area contributed by atoms with Crippen molar-refractivity contribution in [1.29, 1.82) is 0 Å². The Kier molecular flexibility index (Phi) is 38.4. The number of carbonyl (C=O) groups is 3. The van der Waals surface area contributed by atoms with Gasteiger partial charge in [0.15, 0.2) is 6.10 Å². The second-order valence-electron chi connectivity index (χ2n) is 15.8. The Hall–Kier alpha value is -1.59. The monoisotopic (exact) mass is 723 g/mol. The van der Waals surface area contributed by atoms with Gasteiger partial charge in [-0.15, -0.1) is 0 Å². The van der Waals surface area contributed by atoms with Crippen molar-refractivity contribution in [2.45, 2.75) is 252 Å². The molecule has 0 aromatic carbocycles. The number of ether oxygens (including phenoxy) is 3. The lowest BCUT2D eigenvalue weighted by Gasteiger charge is -2.18. The zero-order chi connectivity index (χ0) is 37.5. The number of hydrogen-bond acceptors (Lipinski definition) is 6. The Bertz CT molecular complexity index is 766. The van der Waals surface area contributed by atoms with E-state index in [1.807, 2.05) is 0 Å². The summed E-state index contributed by atoms with van der Waals surface area (Å²) in [6, 6.07) is 0. The summed E-state index contributed by atoms with van der Waals surface area (Å²) in [6.45, 7) is 8.92. The molecule has 51 heavy (non-hydrogen) atoms. The first-order valence-corrected chi connectivity index (χ1v) is 22.4. The predicted molar refractivity (Wildman–Crippen MR) is 215 cm³/mol. The molecule has 0 aliphatic rings. The average molecular weight is 723 g/mol. The summed E-state index contributed by atoms with van der Waals surface area (Å²) >= 11 is 0. The van der Waals surface area contributed by atoms with E-state index >= 15 is 0 Å². The van der Waals surface area contributed by atoms with E-state index in [9.17, 15) is 14.4 Å². The van der Waals surface area contributed by atoms with Crippen molar-refractivity contribution in [1.82, 2.24) is 0 Å². The molecule has 0 heterocycles. The maximum absolute atomic E-state index is 12.7. The lowest BCUT2D eigenvalue weighted by molar-refractivity contribution is -0.167. The van der Waals surface area contributed by atoms with E-state index in [4.69, 9.17) is 14.2 Å². The van der Waals surface area contributed by atoms with Crippen LogP contribution in [0.15, 0.2) is 0 Å². The minimum Gasteiger partial charge on any atom is -0.462 e. The molecule has 6 heteroatoms. The zero-order valence-corrected chi connectivity index (χ0v) is 34.6. The number of rotatable bonds is 40. The Morgan fingerprint density at radius 1 is 0.373 bits per heavy atom. The number of unbranched alkanes of at least 4 members (excludes halogenated alkanes) is 27. The predicted octanol–water partition coefficient (Wildman–Crippen LogP) is 13.9. The molecular weight excluding hydrogens is 636 g/mol. The molecule has 1 atom stereocenters. The van der Waals surface area contributed by atoms with Gasteiger partial charge in [0, 0.05) is 19.3 Å². The van der Waals surface area contributed by atoms with Crippen molar-refractivity contribution in [3.8, 4) is 0 Å². The Labute approximate surface area is 317 Å². The van der Waals surface area contributed by atoms with Crippen LogP contribution in [0, 0.1) is 5.92 Å². The maximum atomic E-state index is 12.7. The van der Waals surface area contributed by atoms with E-state index in [1.165, 1.54) is 141 Å². The van der Waals surface area contributed by atoms with Crippen LogP contribution < -0.4 is 0 Å². The van der Waals surface area contributed by atoms with Gasteiger partial charge in [-0.1, -0.05) is 207 Å². The molecule has 0 fully saturated rings. The molecule has 6 nitrogen and oxygen atoms in total. The van der Waals surface area contributed by atoms with Gasteiger partial charge in [0.2, 0.25) is 0 Å². The summed E-state index contributed by atoms with van der Waals surface area (Å²) in [6.07, 6.45) is 38.1. The third-order valence-corrected chi connectivity index (χ3v) is 10.0. The van der Waals surface area contributed by atoms with Crippen molar-refractivity contribution >= 4 is 17.9 Å². The lowest BCUT2D eigenvalue weighted by Crippen LogP contribution is -2.30. The van der Waals surface area contributed by atoms with Gasteiger partial charge in [-0.2, -0.15) is 0 Å². The van der Waals surface area contributed by atoms with E-state index in [1.54, 1.807) is 0 Å². The number of hydrogen-bond donors (Lipinski definition) is 0. The molecule has 0 aliphatic carbocycles. The smallest absolute Gasteiger partial charge is 0.306 e. The van der Waals surface area contributed by atoms with Crippen LogP contribution in [-0.2, 0) is 28.6 Å². The topological polar surface area (TPSA) is 78.9 Å². The van der Waals surface area contributed by atoms with E-state index in [-0.39, 0.29) is 31.1 Å². The van der Waals surface area contributed by atoms with Crippen LogP contribution in [-0.4, -0.2) is 37.2 Å². The Morgan fingerprint density at radius 2 is 0.647 bits per heavy atom. The molecule has 0 unspecified atom stereocenters. The molecule has 0 radical (unpaired) electrons. The molecule has 302 valence electrons. The van der Waals surface area contributed by atoms with Crippen molar-refractivity contribution < 1.29 is 28.6 Å². The second kappa shape index (κ2) is 39.6. The first-order valence-electron chi connectivity index (χ1n) is 22.4. The molecule has 0 rings (SSSR count). The fourth-order valence-electron chi connectivity index (χ4n) is 6.63. The molecule has 0 N–H and O–H groups in total. The van der Waals surface area contributed by atoms with Gasteiger partial charge in [0.05, 0.1) is 0 Å². The average Bonchev–Trinajstić information content (AvgIpc) is 3.11. The van der Waals surface area contributed by atoms with Crippen molar-refractivity contribution in [3.05, 3.63) is 0 Å². The highest BCUT2D eigenvalue weighted by molar-refractivity contribution is 5.71. The Morgan fingerprint density at radius 3 is 0.961 bits per heavy atom. The summed E-state index contributed by atoms with van der Waals surface area (Å²) in [5.74, 6) is -0.0663. The van der Waals surface area contributed by atoms with Crippen LogP contribution in [0.3, 0.4) is 0 Å². The molecule has 0 amide bonds. The van der Waals surface area contributed by atoms with Gasteiger partial charge in [-0.25, -0.2) is 0 Å². The highest BCUT2D eigenvalue weighted by Gasteiger charge is 2.19. The van der Waals surface area contributed by atoms with E-state index in [0.29, 0.717) is 19.3 Å². The van der Waals surface area contributed by atoms with Crippen LogP contribution >= 0.6 is 0 Å². The van der Waals surface area contributed by atoms with Gasteiger partial charge >= 0.3 is 17.9 Å². The quantitative estimate of drug-likeness (QED) is 0.0356. The van der Waals surface area contributed by atoms with Crippen molar-refractivity contribution in [3.63, 3.8) is 0 Å². The summed E-state index contributed by atoms with van der Waals surface area (Å²) in [7, 11) is 0. The normalized spacial score (nSPS) is 11.9. The number of carbonyl (C=O) groups excluding carboxylic acids is 3. The molecule has 0 aliphatic heterocycles. The third-order valence-electron chi connectivity index (χ3n) is 10.0. The second-order valence-corrected chi connectivity index (χ2v) is 15.8. The molecule has 0 aromatic heterocycles. The van der Waals surface area contributed by atoms with Gasteiger partial charge in [-0.05, 0) is 25.2 Å². The Balaban J connectivity index is 4.26. The van der Waals surface area contributed by atoms with Crippen LogP contribution in [0.25, 0.3) is 0 Å². The van der Waals surface area contributed by atoms with E-state index in [0.717, 1.165) is 63.7 Å². The third kappa shape index (κ3) is 39.5. The maximum Gasteiger partial charge on any atom is 0.306 e. The fourth-order valence-corrected chi connectivity index (χ4v) is 6.63. The largest absolute Gasteiger partial charge is 0.462 e. The first-order chi connectivity index (χ1) is 24.9. The van der Waals surface area contributed by atoms with Gasteiger partial charge in [0.1, 0.15) is 13.2 Å². The van der Waals surface area contributed by atoms with E-state index in [2.05, 4.69) is 27.7 Å². The summed E-state index contributed by atoms with van der Waals surface area (Å²) in [4.78, 5) is 37.5. The first kappa shape index (κ1) is 49.4.